The largest absolute Gasteiger partial charge is 0.469 e. The third-order valence-electron chi connectivity index (χ3n) is 9.23. The lowest BCUT2D eigenvalue weighted by Crippen LogP contribution is -2.24. The van der Waals surface area contributed by atoms with Crippen molar-refractivity contribution in [1.29, 1.82) is 0 Å². The fourth-order valence-electron chi connectivity index (χ4n) is 6.63. The van der Waals surface area contributed by atoms with E-state index in [1.54, 1.807) is 13.0 Å². The SMILES string of the molecule is C=CC1=C(C)C(=O)N=C1/C=c1\[nH]/c(=C\c2[nH]c3c(c2C)C(=O)C/C3=C2/N=C(C(=O)OC)C(C)C2CCC(=O)OC)c(CC)c1C. The second-order valence-electron chi connectivity index (χ2n) is 11.6. The first kappa shape index (κ1) is 31.6. The van der Waals surface area contributed by atoms with Crippen LogP contribution in [-0.2, 0) is 30.3 Å². The van der Waals surface area contributed by atoms with Gasteiger partial charge in [0.2, 0.25) is 0 Å². The minimum Gasteiger partial charge on any atom is -0.469 e. The van der Waals surface area contributed by atoms with E-state index in [0.29, 0.717) is 34.7 Å². The molecule has 0 bridgehead atoms. The zero-order valence-corrected chi connectivity index (χ0v) is 26.8. The van der Waals surface area contributed by atoms with Gasteiger partial charge in [-0.05, 0) is 62.5 Å². The smallest absolute Gasteiger partial charge is 0.352 e. The fraction of sp³-hybridized carbons (Fsp3) is 0.371. The molecule has 234 valence electrons. The van der Waals surface area contributed by atoms with Gasteiger partial charge in [0.15, 0.2) is 5.78 Å². The number of Topliss-reactive ketones (excluding diaryl/α,β-unsaturated/α-hetero) is 1. The van der Waals surface area contributed by atoms with E-state index in [1.165, 1.54) is 14.2 Å². The minimum absolute atomic E-state index is 0.0302. The van der Waals surface area contributed by atoms with Gasteiger partial charge in [0, 0.05) is 63.4 Å². The molecule has 1 amide bonds. The maximum Gasteiger partial charge on any atom is 0.352 e. The number of allylic oxidation sites excluding steroid dienone is 4. The van der Waals surface area contributed by atoms with Crippen molar-refractivity contribution in [2.45, 2.75) is 60.3 Å². The molecule has 0 saturated carbocycles. The molecule has 1 aliphatic carbocycles. The van der Waals surface area contributed by atoms with Crippen LogP contribution in [0.1, 0.15) is 78.5 Å². The van der Waals surface area contributed by atoms with Gasteiger partial charge in [0.25, 0.3) is 5.91 Å². The second-order valence-corrected chi connectivity index (χ2v) is 11.6. The topological polar surface area (TPSA) is 143 Å². The van der Waals surface area contributed by atoms with Crippen LogP contribution in [0.25, 0.3) is 17.7 Å². The monoisotopic (exact) mass is 610 g/mol. The van der Waals surface area contributed by atoms with Crippen molar-refractivity contribution < 1.29 is 28.7 Å². The Morgan fingerprint density at radius 2 is 1.76 bits per heavy atom. The highest BCUT2D eigenvalue weighted by Crippen LogP contribution is 2.45. The van der Waals surface area contributed by atoms with Gasteiger partial charge in [-0.15, -0.1) is 0 Å². The fourth-order valence-corrected chi connectivity index (χ4v) is 6.63. The molecule has 0 fully saturated rings. The first-order chi connectivity index (χ1) is 21.4. The number of hydrogen-bond acceptors (Lipinski definition) is 7. The summed E-state index contributed by atoms with van der Waals surface area (Å²) in [4.78, 5) is 66.1. The molecule has 10 nitrogen and oxygen atoms in total. The highest BCUT2D eigenvalue weighted by atomic mass is 16.5. The zero-order chi connectivity index (χ0) is 32.7. The number of amides is 1. The average Bonchev–Trinajstić information content (AvgIpc) is 3.77. The summed E-state index contributed by atoms with van der Waals surface area (Å²) in [6.07, 6.45) is 7.00. The number of aromatic nitrogens is 2. The number of ketones is 1. The number of aliphatic imine (C=N–C) groups is 2. The molecule has 2 aromatic rings. The standard InChI is InChI=1S/C35H38N4O6/c1-9-20-16(3)24(14-27-21(10-2)18(5)34(42)38-27)36-26(20)15-25-19(6)30-28(40)13-23(33(30)37-25)32-22(11-12-29(41)44-7)17(4)31(39-32)35(43)45-8/h10,14-15,17,22,36-37H,2,9,11-13H2,1,3-8H3/b24-14-,26-15-,32-23-. The minimum atomic E-state index is -0.525. The van der Waals surface area contributed by atoms with E-state index in [9.17, 15) is 19.2 Å². The van der Waals surface area contributed by atoms with Gasteiger partial charge in [-0.3, -0.25) is 14.4 Å². The van der Waals surface area contributed by atoms with E-state index in [2.05, 4.69) is 28.5 Å². The Hall–Kier alpha value is -4.86. The lowest BCUT2D eigenvalue weighted by Gasteiger charge is -2.18. The molecule has 5 rings (SSSR count). The van der Waals surface area contributed by atoms with Gasteiger partial charge < -0.3 is 19.4 Å². The molecule has 2 aromatic heterocycles. The lowest BCUT2D eigenvalue weighted by molar-refractivity contribution is -0.140. The Kier molecular flexibility index (Phi) is 8.60. The Morgan fingerprint density at radius 1 is 1.02 bits per heavy atom. The molecule has 0 radical (unpaired) electrons. The number of rotatable bonds is 8. The Bertz CT molecular complexity index is 1930. The molecule has 2 atom stereocenters. The van der Waals surface area contributed by atoms with E-state index in [1.807, 2.05) is 32.9 Å². The summed E-state index contributed by atoms with van der Waals surface area (Å²) in [5.41, 5.74) is 8.53. The lowest BCUT2D eigenvalue weighted by atomic mass is 9.85. The van der Waals surface area contributed by atoms with Gasteiger partial charge >= 0.3 is 11.9 Å². The van der Waals surface area contributed by atoms with E-state index in [0.717, 1.165) is 50.6 Å². The van der Waals surface area contributed by atoms with Crippen LogP contribution in [-0.4, -0.2) is 59.2 Å². The Balaban J connectivity index is 1.63. The average molecular weight is 611 g/mol. The molecule has 0 spiro atoms. The van der Waals surface area contributed by atoms with Crippen molar-refractivity contribution in [2.24, 2.45) is 21.8 Å². The van der Waals surface area contributed by atoms with Crippen molar-refractivity contribution in [3.05, 3.63) is 73.8 Å². The summed E-state index contributed by atoms with van der Waals surface area (Å²) < 4.78 is 9.84. The molecule has 2 N–H and O–H groups in total. The van der Waals surface area contributed by atoms with Crippen LogP contribution in [0.2, 0.25) is 0 Å². The van der Waals surface area contributed by atoms with Crippen LogP contribution < -0.4 is 10.7 Å². The van der Waals surface area contributed by atoms with Crippen molar-refractivity contribution in [2.75, 3.05) is 14.2 Å². The summed E-state index contributed by atoms with van der Waals surface area (Å²) >= 11 is 0. The maximum absolute atomic E-state index is 13.4. The predicted octanol–water partition coefficient (Wildman–Crippen LogP) is 3.75. The van der Waals surface area contributed by atoms with E-state index < -0.39 is 5.97 Å². The summed E-state index contributed by atoms with van der Waals surface area (Å²) in [7, 11) is 2.65. The van der Waals surface area contributed by atoms with Gasteiger partial charge in [0.05, 0.1) is 31.3 Å². The van der Waals surface area contributed by atoms with Crippen LogP contribution in [0.4, 0.5) is 0 Å². The number of nitrogens with zero attached hydrogens (tertiary/aromatic N) is 2. The number of carbonyl (C=O) groups excluding carboxylic acids is 4. The highest BCUT2D eigenvalue weighted by Gasteiger charge is 2.41. The quantitative estimate of drug-likeness (QED) is 0.436. The number of aromatic amines is 2. The number of fused-ring (bicyclic) bond motifs is 1. The van der Waals surface area contributed by atoms with Gasteiger partial charge in [0.1, 0.15) is 5.71 Å². The number of methoxy groups -OCH3 is 2. The number of hydrogen-bond donors (Lipinski definition) is 2. The molecule has 4 heterocycles. The number of nitrogens with one attached hydrogen (secondary N) is 2. The van der Waals surface area contributed by atoms with Crippen molar-refractivity contribution in [3.8, 4) is 0 Å². The summed E-state index contributed by atoms with van der Waals surface area (Å²) in [6.45, 7) is 13.5. The Morgan fingerprint density at radius 3 is 2.40 bits per heavy atom. The summed E-state index contributed by atoms with van der Waals surface area (Å²) in [6, 6.07) is 0. The summed E-state index contributed by atoms with van der Waals surface area (Å²) in [5, 5.41) is 1.72. The molecule has 0 saturated heterocycles. The second kappa shape index (κ2) is 12.3. The van der Waals surface area contributed by atoms with Crippen LogP contribution in [0.5, 0.6) is 0 Å². The van der Waals surface area contributed by atoms with E-state index >= 15 is 0 Å². The van der Waals surface area contributed by atoms with E-state index in [4.69, 9.17) is 14.5 Å². The molecule has 2 aliphatic heterocycles. The zero-order valence-electron chi connectivity index (χ0n) is 26.8. The van der Waals surface area contributed by atoms with Gasteiger partial charge in [-0.25, -0.2) is 14.8 Å². The van der Waals surface area contributed by atoms with Crippen LogP contribution in [0.3, 0.4) is 0 Å². The molecule has 45 heavy (non-hydrogen) atoms. The van der Waals surface area contributed by atoms with Gasteiger partial charge in [-0.2, -0.15) is 0 Å². The molecular weight excluding hydrogens is 572 g/mol. The van der Waals surface area contributed by atoms with Crippen LogP contribution >= 0.6 is 0 Å². The summed E-state index contributed by atoms with van der Waals surface area (Å²) in [5.74, 6) is -1.73. The third-order valence-corrected chi connectivity index (χ3v) is 9.23. The number of H-pyrrole nitrogens is 2. The molecule has 2 unspecified atom stereocenters. The predicted molar refractivity (Wildman–Crippen MR) is 172 cm³/mol. The molecule has 10 heteroatoms. The van der Waals surface area contributed by atoms with Gasteiger partial charge in [-0.1, -0.05) is 26.5 Å². The van der Waals surface area contributed by atoms with Crippen LogP contribution in [0, 0.1) is 25.7 Å². The molecule has 3 aliphatic rings. The number of carbonyl (C=O) groups is 4. The van der Waals surface area contributed by atoms with Crippen molar-refractivity contribution in [1.82, 2.24) is 9.97 Å². The molecular formula is C35H38N4O6. The first-order valence-corrected chi connectivity index (χ1v) is 15.1. The normalized spacial score (nSPS) is 21.9. The third kappa shape index (κ3) is 5.38. The molecule has 0 aromatic carbocycles. The van der Waals surface area contributed by atoms with E-state index in [-0.39, 0.29) is 48.0 Å². The van der Waals surface area contributed by atoms with Crippen LogP contribution in [0.15, 0.2) is 39.5 Å². The number of esters is 2. The maximum atomic E-state index is 13.4. The number of ether oxygens (including phenoxy) is 2. The van der Waals surface area contributed by atoms with Crippen molar-refractivity contribution >= 4 is 52.8 Å². The Labute approximate surface area is 261 Å². The highest BCUT2D eigenvalue weighted by molar-refractivity contribution is 6.38. The van der Waals surface area contributed by atoms with Crippen molar-refractivity contribution in [3.63, 3.8) is 0 Å². The first-order valence-electron chi connectivity index (χ1n) is 15.1.